The fourth-order valence-corrected chi connectivity index (χ4v) is 5.70. The summed E-state index contributed by atoms with van der Waals surface area (Å²) in [5.41, 5.74) is 1.99. The van der Waals surface area contributed by atoms with E-state index in [0.29, 0.717) is 13.0 Å². The Balaban J connectivity index is 1.34. The van der Waals surface area contributed by atoms with Crippen molar-refractivity contribution in [2.75, 3.05) is 29.8 Å². The zero-order chi connectivity index (χ0) is 20.7. The minimum atomic E-state index is -0.927. The van der Waals surface area contributed by atoms with E-state index in [1.165, 1.54) is 11.0 Å². The Bertz CT molecular complexity index is 881. The Morgan fingerprint density at radius 3 is 2.76 bits per heavy atom. The number of aromatic nitrogens is 1. The van der Waals surface area contributed by atoms with Gasteiger partial charge in [0.2, 0.25) is 11.8 Å². The minimum Gasteiger partial charge on any atom is -0.353 e. The van der Waals surface area contributed by atoms with Gasteiger partial charge in [-0.3, -0.25) is 14.6 Å². The number of unbranched alkanes of at least 4 members (excludes halogenated alkanes) is 2. The summed E-state index contributed by atoms with van der Waals surface area (Å²) in [6.07, 6.45) is 14.4. The second kappa shape index (κ2) is 9.74. The number of hydrogen-bond donors (Lipinski definition) is 1. The molecule has 0 saturated carbocycles. The van der Waals surface area contributed by atoms with Crippen molar-refractivity contribution in [2.24, 2.45) is 0 Å². The van der Waals surface area contributed by atoms with E-state index in [2.05, 4.69) is 41.0 Å². The number of benzene rings is 1. The lowest BCUT2D eigenvalue weighted by Crippen LogP contribution is -2.29. The van der Waals surface area contributed by atoms with Crippen LogP contribution in [0, 0.1) is 0 Å². The molecule has 1 aromatic carbocycles. The number of pyridine rings is 1. The van der Waals surface area contributed by atoms with Gasteiger partial charge in [0, 0.05) is 36.3 Å². The highest BCUT2D eigenvalue weighted by molar-refractivity contribution is 8.33. The van der Waals surface area contributed by atoms with Crippen LogP contribution in [0.4, 0.5) is 5.69 Å². The van der Waals surface area contributed by atoms with Crippen molar-refractivity contribution in [1.29, 1.82) is 0 Å². The highest BCUT2D eigenvalue weighted by Gasteiger charge is 2.33. The first-order valence-electron chi connectivity index (χ1n) is 9.94. The number of carbonyl (C=O) groups is 2. The number of nitrogens with one attached hydrogen (secondary N) is 1. The smallest absolute Gasteiger partial charge is 0.243 e. The number of para-hydroxylation sites is 1. The fourth-order valence-electron chi connectivity index (χ4n) is 3.45. The van der Waals surface area contributed by atoms with Crippen molar-refractivity contribution >= 4 is 33.6 Å². The van der Waals surface area contributed by atoms with E-state index in [1.807, 2.05) is 23.1 Å². The van der Waals surface area contributed by atoms with Crippen LogP contribution >= 0.6 is 10.0 Å². The van der Waals surface area contributed by atoms with E-state index in [9.17, 15) is 9.59 Å². The Morgan fingerprint density at radius 2 is 1.97 bits per heavy atom. The summed E-state index contributed by atoms with van der Waals surface area (Å²) < 4.78 is 0. The Kier molecular flexibility index (Phi) is 7.09. The lowest BCUT2D eigenvalue weighted by molar-refractivity contribution is -0.118. The van der Waals surface area contributed by atoms with Gasteiger partial charge in [-0.05, 0) is 55.2 Å². The van der Waals surface area contributed by atoms with Gasteiger partial charge in [0.1, 0.15) is 0 Å². The van der Waals surface area contributed by atoms with Crippen molar-refractivity contribution in [3.63, 3.8) is 0 Å². The van der Waals surface area contributed by atoms with Crippen LogP contribution < -0.4 is 10.2 Å². The van der Waals surface area contributed by atoms with Gasteiger partial charge in [0.15, 0.2) is 0 Å². The van der Waals surface area contributed by atoms with Crippen molar-refractivity contribution < 1.29 is 9.59 Å². The van der Waals surface area contributed by atoms with Crippen molar-refractivity contribution in [1.82, 2.24) is 10.3 Å². The molecule has 1 aromatic heterocycles. The second-order valence-corrected chi connectivity index (χ2v) is 11.5. The molecule has 0 atom stereocenters. The van der Waals surface area contributed by atoms with E-state index in [-0.39, 0.29) is 11.8 Å². The lowest BCUT2D eigenvalue weighted by atomic mass is 10.1. The quantitative estimate of drug-likeness (QED) is 0.523. The first-order valence-corrected chi connectivity index (χ1v) is 12.6. The maximum absolute atomic E-state index is 12.7. The average Bonchev–Trinajstić information content (AvgIpc) is 3.01. The largest absolute Gasteiger partial charge is 0.353 e. The van der Waals surface area contributed by atoms with Crippen molar-refractivity contribution in [3.05, 3.63) is 60.4 Å². The molecule has 29 heavy (non-hydrogen) atoms. The molecule has 0 saturated heterocycles. The van der Waals surface area contributed by atoms with Gasteiger partial charge in [0.25, 0.3) is 0 Å². The zero-order valence-electron chi connectivity index (χ0n) is 17.1. The molecule has 2 amide bonds. The van der Waals surface area contributed by atoms with Gasteiger partial charge in [-0.15, -0.1) is 0 Å². The molecule has 0 fully saturated rings. The van der Waals surface area contributed by atoms with Gasteiger partial charge < -0.3 is 10.2 Å². The number of anilines is 1. The first kappa shape index (κ1) is 21.1. The van der Waals surface area contributed by atoms with Crippen LogP contribution in [0.3, 0.4) is 0 Å². The summed E-state index contributed by atoms with van der Waals surface area (Å²) in [4.78, 5) is 31.9. The molecule has 1 aliphatic heterocycles. The summed E-state index contributed by atoms with van der Waals surface area (Å²) in [6.45, 7) is 0.619. The van der Waals surface area contributed by atoms with Crippen LogP contribution in [-0.4, -0.2) is 41.7 Å². The highest BCUT2D eigenvalue weighted by atomic mass is 32.3. The minimum absolute atomic E-state index is 0.108. The molecule has 1 N–H and O–H groups in total. The lowest BCUT2D eigenvalue weighted by Gasteiger charge is -2.26. The van der Waals surface area contributed by atoms with Crippen molar-refractivity contribution in [2.45, 2.75) is 30.6 Å². The average molecular weight is 412 g/mol. The number of carbonyl (C=O) groups excluding carboxylic acids is 2. The van der Waals surface area contributed by atoms with Gasteiger partial charge in [-0.2, -0.15) is 0 Å². The normalized spacial score (nSPS) is 15.9. The zero-order valence-corrected chi connectivity index (χ0v) is 18.0. The number of rotatable bonds is 8. The maximum Gasteiger partial charge on any atom is 0.243 e. The molecular weight excluding hydrogens is 382 g/mol. The molecule has 3 rings (SSSR count). The molecular formula is C23H29N3O2S. The number of nitrogens with zero attached hydrogens (tertiary/aromatic N) is 2. The molecule has 0 radical (unpaired) electrons. The topological polar surface area (TPSA) is 62.3 Å². The Hall–Kier alpha value is -2.60. The predicted molar refractivity (Wildman–Crippen MR) is 121 cm³/mol. The van der Waals surface area contributed by atoms with Gasteiger partial charge in [-0.1, -0.05) is 24.6 Å². The SMILES string of the molecule is CS1(C)CN(C(=O)CCCCCNC(=O)/C=C/c2cccnc2)c2ccccc21. The van der Waals surface area contributed by atoms with Crippen LogP contribution in [0.1, 0.15) is 31.2 Å². The van der Waals surface area contributed by atoms with E-state index >= 15 is 0 Å². The number of amides is 2. The van der Waals surface area contributed by atoms with E-state index in [4.69, 9.17) is 0 Å². The summed E-state index contributed by atoms with van der Waals surface area (Å²) >= 11 is 0. The van der Waals surface area contributed by atoms with Crippen LogP contribution in [0.2, 0.25) is 0 Å². The van der Waals surface area contributed by atoms with Crippen LogP contribution in [-0.2, 0) is 9.59 Å². The van der Waals surface area contributed by atoms with Gasteiger partial charge in [0.05, 0.1) is 11.6 Å². The molecule has 0 unspecified atom stereocenters. The van der Waals surface area contributed by atoms with Gasteiger partial charge >= 0.3 is 0 Å². The predicted octanol–water partition coefficient (Wildman–Crippen LogP) is 4.20. The third-order valence-electron chi connectivity index (χ3n) is 4.98. The molecule has 2 heterocycles. The molecule has 5 nitrogen and oxygen atoms in total. The first-order chi connectivity index (χ1) is 14.0. The van der Waals surface area contributed by atoms with Crippen LogP contribution in [0.5, 0.6) is 0 Å². The molecule has 6 heteroatoms. The van der Waals surface area contributed by atoms with Gasteiger partial charge in [-0.25, -0.2) is 10.0 Å². The molecule has 154 valence electrons. The fraction of sp³-hybridized carbons (Fsp3) is 0.348. The third-order valence-corrected chi connectivity index (χ3v) is 7.42. The molecule has 1 aliphatic rings. The van der Waals surface area contributed by atoms with Crippen LogP contribution in [0.25, 0.3) is 6.08 Å². The van der Waals surface area contributed by atoms with Crippen molar-refractivity contribution in [3.8, 4) is 0 Å². The second-order valence-electron chi connectivity index (χ2n) is 7.68. The maximum atomic E-state index is 12.7. The van der Waals surface area contributed by atoms with Crippen LogP contribution in [0.15, 0.2) is 59.8 Å². The molecule has 0 bridgehead atoms. The Morgan fingerprint density at radius 1 is 1.14 bits per heavy atom. The summed E-state index contributed by atoms with van der Waals surface area (Å²) in [5, 5.41) is 2.88. The number of hydrogen-bond acceptors (Lipinski definition) is 3. The monoisotopic (exact) mass is 411 g/mol. The summed E-state index contributed by atoms with van der Waals surface area (Å²) in [5.74, 6) is 0.924. The van der Waals surface area contributed by atoms with E-state index in [0.717, 1.165) is 36.4 Å². The summed E-state index contributed by atoms with van der Waals surface area (Å²) in [6, 6.07) is 12.0. The third kappa shape index (κ3) is 5.70. The standard InChI is InChI=1S/C23H29N3O2S/c1-29(2)18-26(20-10-5-6-11-21(20)29)23(28)12-4-3-7-16-25-22(27)14-13-19-9-8-15-24-17-19/h5-6,8-11,13-15,17H,3-4,7,12,16,18H2,1-2H3,(H,25,27)/b14-13+. The van der Waals surface area contributed by atoms with E-state index < -0.39 is 10.0 Å². The molecule has 0 aliphatic carbocycles. The highest BCUT2D eigenvalue weighted by Crippen LogP contribution is 2.59. The Labute approximate surface area is 174 Å². The summed E-state index contributed by atoms with van der Waals surface area (Å²) in [7, 11) is -0.927. The molecule has 2 aromatic rings. The molecule has 0 spiro atoms. The number of fused-ring (bicyclic) bond motifs is 1. The van der Waals surface area contributed by atoms with E-state index in [1.54, 1.807) is 18.5 Å².